The third-order valence-electron chi connectivity index (χ3n) is 3.71. The fraction of sp³-hybridized carbons (Fsp3) is 0.158. The smallest absolute Gasteiger partial charge is 0.270 e. The quantitative estimate of drug-likeness (QED) is 0.721. The summed E-state index contributed by atoms with van der Waals surface area (Å²) >= 11 is 0. The van der Waals surface area contributed by atoms with Crippen molar-refractivity contribution in [2.75, 3.05) is 0 Å². The zero-order chi connectivity index (χ0) is 17.8. The standard InChI is InChI=1S/C19H18N4O2/c1-12(2)18(24)22-23-19(25)14-11-17(16-9-5-6-10-20-16)21-15-8-4-3-7-13(14)15/h3-12H,1-2H3,(H,22,24)(H,23,25). The molecule has 3 rings (SSSR count). The van der Waals surface area contributed by atoms with Crippen LogP contribution in [0.2, 0.25) is 0 Å². The molecule has 0 radical (unpaired) electrons. The maximum Gasteiger partial charge on any atom is 0.270 e. The minimum absolute atomic E-state index is 0.224. The van der Waals surface area contributed by atoms with Gasteiger partial charge in [-0.3, -0.25) is 25.4 Å². The minimum Gasteiger partial charge on any atom is -0.273 e. The normalized spacial score (nSPS) is 10.7. The van der Waals surface area contributed by atoms with Crippen molar-refractivity contribution in [3.05, 3.63) is 60.3 Å². The number of nitrogens with one attached hydrogen (secondary N) is 2. The molecule has 0 bridgehead atoms. The lowest BCUT2D eigenvalue weighted by Gasteiger charge is -2.12. The predicted octanol–water partition coefficient (Wildman–Crippen LogP) is 2.71. The Bertz CT molecular complexity index is 923. The molecule has 2 aromatic heterocycles. The molecule has 6 nitrogen and oxygen atoms in total. The van der Waals surface area contributed by atoms with Gasteiger partial charge in [0.1, 0.15) is 0 Å². The molecular weight excluding hydrogens is 316 g/mol. The maximum absolute atomic E-state index is 12.6. The first-order chi connectivity index (χ1) is 12.1. The average molecular weight is 334 g/mol. The Hall–Kier alpha value is -3.28. The number of hydrazine groups is 1. The summed E-state index contributed by atoms with van der Waals surface area (Å²) < 4.78 is 0. The topological polar surface area (TPSA) is 84.0 Å². The number of benzene rings is 1. The highest BCUT2D eigenvalue weighted by molar-refractivity contribution is 6.07. The van der Waals surface area contributed by atoms with Crippen molar-refractivity contribution >= 4 is 22.7 Å². The average Bonchev–Trinajstić information content (AvgIpc) is 2.65. The van der Waals surface area contributed by atoms with E-state index in [9.17, 15) is 9.59 Å². The molecule has 0 saturated heterocycles. The highest BCUT2D eigenvalue weighted by Gasteiger charge is 2.15. The summed E-state index contributed by atoms with van der Waals surface area (Å²) in [5, 5.41) is 0.707. The van der Waals surface area contributed by atoms with Crippen LogP contribution in [0.4, 0.5) is 0 Å². The minimum atomic E-state index is -0.398. The second-order valence-corrected chi connectivity index (χ2v) is 5.89. The lowest BCUT2D eigenvalue weighted by Crippen LogP contribution is -2.43. The van der Waals surface area contributed by atoms with Crippen molar-refractivity contribution in [1.29, 1.82) is 0 Å². The van der Waals surface area contributed by atoms with Gasteiger partial charge in [-0.1, -0.05) is 38.1 Å². The predicted molar refractivity (Wildman–Crippen MR) is 95.4 cm³/mol. The Balaban J connectivity index is 2.01. The molecule has 0 unspecified atom stereocenters. The molecular formula is C19H18N4O2. The van der Waals surface area contributed by atoms with E-state index in [2.05, 4.69) is 20.8 Å². The number of amides is 2. The lowest BCUT2D eigenvalue weighted by atomic mass is 10.1. The summed E-state index contributed by atoms with van der Waals surface area (Å²) in [7, 11) is 0. The van der Waals surface area contributed by atoms with Crippen molar-refractivity contribution in [3.63, 3.8) is 0 Å². The first-order valence-corrected chi connectivity index (χ1v) is 7.97. The fourth-order valence-electron chi connectivity index (χ4n) is 2.34. The van der Waals surface area contributed by atoms with Crippen LogP contribution < -0.4 is 10.9 Å². The Labute approximate surface area is 145 Å². The first-order valence-electron chi connectivity index (χ1n) is 7.97. The van der Waals surface area contributed by atoms with E-state index in [1.165, 1.54) is 0 Å². The van der Waals surface area contributed by atoms with Crippen LogP contribution in [0.3, 0.4) is 0 Å². The molecule has 0 aliphatic rings. The summed E-state index contributed by atoms with van der Waals surface area (Å²) in [6.07, 6.45) is 1.68. The van der Waals surface area contributed by atoms with Crippen LogP contribution >= 0.6 is 0 Å². The van der Waals surface area contributed by atoms with Crippen LogP contribution in [0.25, 0.3) is 22.3 Å². The maximum atomic E-state index is 12.6. The van der Waals surface area contributed by atoms with E-state index in [1.54, 1.807) is 26.1 Å². The number of rotatable bonds is 3. The number of carbonyl (C=O) groups is 2. The molecule has 0 aliphatic heterocycles. The second kappa shape index (κ2) is 7.09. The summed E-state index contributed by atoms with van der Waals surface area (Å²) in [6, 6.07) is 14.6. The number of nitrogens with zero attached hydrogens (tertiary/aromatic N) is 2. The van der Waals surface area contributed by atoms with E-state index in [-0.39, 0.29) is 11.8 Å². The van der Waals surface area contributed by atoms with Gasteiger partial charge in [-0.2, -0.15) is 0 Å². The van der Waals surface area contributed by atoms with Gasteiger partial charge in [0.05, 0.1) is 22.5 Å². The number of para-hydroxylation sites is 1. The molecule has 1 aromatic carbocycles. The summed E-state index contributed by atoms with van der Waals surface area (Å²) in [4.78, 5) is 33.1. The lowest BCUT2D eigenvalue weighted by molar-refractivity contribution is -0.124. The molecule has 6 heteroatoms. The number of hydrogen-bond donors (Lipinski definition) is 2. The molecule has 2 amide bonds. The van der Waals surface area contributed by atoms with Gasteiger partial charge in [0.15, 0.2) is 0 Å². The molecule has 0 fully saturated rings. The van der Waals surface area contributed by atoms with E-state index in [0.717, 1.165) is 0 Å². The zero-order valence-electron chi connectivity index (χ0n) is 14.0. The third-order valence-corrected chi connectivity index (χ3v) is 3.71. The van der Waals surface area contributed by atoms with Crippen LogP contribution in [0, 0.1) is 5.92 Å². The van der Waals surface area contributed by atoms with Gasteiger partial charge in [-0.05, 0) is 24.3 Å². The molecule has 0 spiro atoms. The fourth-order valence-corrected chi connectivity index (χ4v) is 2.34. The molecule has 126 valence electrons. The van der Waals surface area contributed by atoms with E-state index < -0.39 is 5.91 Å². The molecule has 25 heavy (non-hydrogen) atoms. The SMILES string of the molecule is CC(C)C(=O)NNC(=O)c1cc(-c2ccccn2)nc2ccccc12. The van der Waals surface area contributed by atoms with Crippen LogP contribution in [0.15, 0.2) is 54.7 Å². The van der Waals surface area contributed by atoms with Crippen LogP contribution in [-0.2, 0) is 4.79 Å². The van der Waals surface area contributed by atoms with Crippen molar-refractivity contribution in [1.82, 2.24) is 20.8 Å². The summed E-state index contributed by atoms with van der Waals surface area (Å²) in [5.74, 6) is -0.875. The Morgan fingerprint density at radius 3 is 2.44 bits per heavy atom. The number of aromatic nitrogens is 2. The highest BCUT2D eigenvalue weighted by Crippen LogP contribution is 2.23. The third kappa shape index (κ3) is 3.63. The van der Waals surface area contributed by atoms with Crippen LogP contribution in [-0.4, -0.2) is 21.8 Å². The van der Waals surface area contributed by atoms with Gasteiger partial charge in [0.25, 0.3) is 5.91 Å². The van der Waals surface area contributed by atoms with Gasteiger partial charge >= 0.3 is 0 Å². The van der Waals surface area contributed by atoms with Crippen LogP contribution in [0.5, 0.6) is 0 Å². The second-order valence-electron chi connectivity index (χ2n) is 5.89. The number of hydrogen-bond acceptors (Lipinski definition) is 4. The molecule has 3 aromatic rings. The molecule has 2 heterocycles. The van der Waals surface area contributed by atoms with E-state index in [1.807, 2.05) is 42.5 Å². The summed E-state index contributed by atoms with van der Waals surface area (Å²) in [5.41, 5.74) is 7.28. The van der Waals surface area contributed by atoms with Crippen molar-refractivity contribution < 1.29 is 9.59 Å². The van der Waals surface area contributed by atoms with Gasteiger partial charge in [-0.25, -0.2) is 4.98 Å². The Morgan fingerprint density at radius 2 is 1.72 bits per heavy atom. The van der Waals surface area contributed by atoms with Crippen molar-refractivity contribution in [2.45, 2.75) is 13.8 Å². The molecule has 0 aliphatic carbocycles. The molecule has 0 saturated carbocycles. The number of pyridine rings is 2. The number of fused-ring (bicyclic) bond motifs is 1. The van der Waals surface area contributed by atoms with Gasteiger partial charge in [0, 0.05) is 17.5 Å². The molecule has 0 atom stereocenters. The van der Waals surface area contributed by atoms with E-state index in [0.29, 0.717) is 27.9 Å². The molecule has 2 N–H and O–H groups in total. The largest absolute Gasteiger partial charge is 0.273 e. The Morgan fingerprint density at radius 1 is 0.960 bits per heavy atom. The monoisotopic (exact) mass is 334 g/mol. The van der Waals surface area contributed by atoms with Gasteiger partial charge in [0.2, 0.25) is 5.91 Å². The van der Waals surface area contributed by atoms with Gasteiger partial charge < -0.3 is 0 Å². The van der Waals surface area contributed by atoms with Gasteiger partial charge in [-0.15, -0.1) is 0 Å². The highest BCUT2D eigenvalue weighted by atomic mass is 16.2. The van der Waals surface area contributed by atoms with Crippen molar-refractivity contribution in [2.24, 2.45) is 5.92 Å². The van der Waals surface area contributed by atoms with E-state index >= 15 is 0 Å². The number of carbonyl (C=O) groups excluding carboxylic acids is 2. The van der Waals surface area contributed by atoms with Crippen LogP contribution in [0.1, 0.15) is 24.2 Å². The Kier molecular flexibility index (Phi) is 4.70. The van der Waals surface area contributed by atoms with E-state index in [4.69, 9.17) is 0 Å². The van der Waals surface area contributed by atoms with Crippen molar-refractivity contribution in [3.8, 4) is 11.4 Å². The summed E-state index contributed by atoms with van der Waals surface area (Å²) in [6.45, 7) is 3.50. The zero-order valence-corrected chi connectivity index (χ0v) is 14.0. The first kappa shape index (κ1) is 16.6.